The van der Waals surface area contributed by atoms with E-state index in [1.165, 1.54) is 6.92 Å². The van der Waals surface area contributed by atoms with Crippen molar-refractivity contribution in [3.63, 3.8) is 0 Å². The molecule has 1 unspecified atom stereocenters. The molecule has 0 fully saturated rings. The fraction of sp³-hybridized carbons (Fsp3) is 0.222. The van der Waals surface area contributed by atoms with Crippen molar-refractivity contribution in [2.45, 2.75) is 20.0 Å². The zero-order valence-electron chi connectivity index (χ0n) is 13.2. The normalized spacial score (nSPS) is 11.7. The van der Waals surface area contributed by atoms with Crippen LogP contribution in [0.15, 0.2) is 46.9 Å². The molecule has 0 saturated heterocycles. The van der Waals surface area contributed by atoms with E-state index in [0.29, 0.717) is 16.3 Å². The lowest BCUT2D eigenvalue weighted by Gasteiger charge is -2.13. The van der Waals surface area contributed by atoms with Gasteiger partial charge in [-0.1, -0.05) is 45.7 Å². The number of aryl methyl sites for hydroxylation is 1. The molecule has 0 aliphatic carbocycles. The highest BCUT2D eigenvalue weighted by molar-refractivity contribution is 9.10. The van der Waals surface area contributed by atoms with Crippen molar-refractivity contribution in [2.24, 2.45) is 0 Å². The van der Waals surface area contributed by atoms with E-state index >= 15 is 0 Å². The van der Waals surface area contributed by atoms with Crippen LogP contribution in [0.3, 0.4) is 0 Å². The first-order valence-electron chi connectivity index (χ1n) is 7.25. The highest BCUT2D eigenvalue weighted by atomic mass is 79.9. The Kier molecular flexibility index (Phi) is 6.40. The topological polar surface area (TPSA) is 52.6 Å². The van der Waals surface area contributed by atoms with Crippen molar-refractivity contribution < 1.29 is 19.1 Å². The molecule has 0 saturated carbocycles. The maximum Gasteiger partial charge on any atom is 0.344 e. The lowest BCUT2D eigenvalue weighted by Crippen LogP contribution is -2.27. The third kappa shape index (κ3) is 5.08. The molecular formula is C18H16BrClO4. The van der Waals surface area contributed by atoms with Crippen LogP contribution in [-0.4, -0.2) is 24.5 Å². The van der Waals surface area contributed by atoms with Crippen LogP contribution in [0.1, 0.15) is 22.8 Å². The molecule has 126 valence electrons. The third-order valence-corrected chi connectivity index (χ3v) is 4.08. The second-order valence-electron chi connectivity index (χ2n) is 5.23. The van der Waals surface area contributed by atoms with Crippen LogP contribution in [0.5, 0.6) is 5.75 Å². The lowest BCUT2D eigenvalue weighted by atomic mass is 10.1. The maximum atomic E-state index is 12.2. The average molecular weight is 412 g/mol. The first-order valence-corrected chi connectivity index (χ1v) is 8.42. The van der Waals surface area contributed by atoms with Crippen molar-refractivity contribution in [3.05, 3.63) is 63.1 Å². The Morgan fingerprint density at radius 2 is 1.83 bits per heavy atom. The molecule has 0 aliphatic rings. The summed E-state index contributed by atoms with van der Waals surface area (Å²) < 4.78 is 11.3. The van der Waals surface area contributed by atoms with E-state index in [9.17, 15) is 9.59 Å². The SMILES string of the molecule is Cc1ccc(Cl)c(OCC(=O)OC(C)C(=O)c2ccc(Br)cc2)c1. The number of rotatable bonds is 6. The minimum atomic E-state index is -0.893. The van der Waals surface area contributed by atoms with Crippen molar-refractivity contribution in [2.75, 3.05) is 6.61 Å². The van der Waals surface area contributed by atoms with Crippen LogP contribution in [0.25, 0.3) is 0 Å². The van der Waals surface area contributed by atoms with E-state index in [4.69, 9.17) is 21.1 Å². The van der Waals surface area contributed by atoms with E-state index in [1.54, 1.807) is 36.4 Å². The number of Topliss-reactive ketones (excluding diaryl/α,β-unsaturated/α-hetero) is 1. The zero-order valence-corrected chi connectivity index (χ0v) is 15.6. The van der Waals surface area contributed by atoms with Gasteiger partial charge in [-0.2, -0.15) is 0 Å². The number of hydrogen-bond acceptors (Lipinski definition) is 4. The molecule has 24 heavy (non-hydrogen) atoms. The Balaban J connectivity index is 1.90. The van der Waals surface area contributed by atoms with E-state index in [1.807, 2.05) is 13.0 Å². The third-order valence-electron chi connectivity index (χ3n) is 3.24. The number of carbonyl (C=O) groups is 2. The van der Waals surface area contributed by atoms with Gasteiger partial charge in [-0.3, -0.25) is 4.79 Å². The second-order valence-corrected chi connectivity index (χ2v) is 6.55. The molecule has 0 spiro atoms. The Bertz CT molecular complexity index is 743. The predicted octanol–water partition coefficient (Wildman–Crippen LogP) is 4.60. The van der Waals surface area contributed by atoms with Gasteiger partial charge in [0.2, 0.25) is 5.78 Å². The molecule has 0 amide bonds. The first kappa shape index (κ1) is 18.5. The van der Waals surface area contributed by atoms with Gasteiger partial charge in [-0.25, -0.2) is 4.79 Å². The van der Waals surface area contributed by atoms with Gasteiger partial charge in [0.25, 0.3) is 0 Å². The van der Waals surface area contributed by atoms with Crippen LogP contribution in [0.4, 0.5) is 0 Å². The monoisotopic (exact) mass is 410 g/mol. The predicted molar refractivity (Wildman–Crippen MR) is 95.7 cm³/mol. The Hall–Kier alpha value is -1.85. The number of halogens is 2. The molecule has 0 bridgehead atoms. The highest BCUT2D eigenvalue weighted by Crippen LogP contribution is 2.25. The summed E-state index contributed by atoms with van der Waals surface area (Å²) in [5, 5.41) is 0.410. The smallest absolute Gasteiger partial charge is 0.344 e. The lowest BCUT2D eigenvalue weighted by molar-refractivity contribution is -0.148. The van der Waals surface area contributed by atoms with Crippen LogP contribution in [0, 0.1) is 6.92 Å². The fourth-order valence-electron chi connectivity index (χ4n) is 1.99. The summed E-state index contributed by atoms with van der Waals surface area (Å²) in [6.07, 6.45) is -0.893. The van der Waals surface area contributed by atoms with Crippen LogP contribution < -0.4 is 4.74 Å². The van der Waals surface area contributed by atoms with Crippen molar-refractivity contribution >= 4 is 39.3 Å². The Morgan fingerprint density at radius 3 is 2.50 bits per heavy atom. The molecule has 4 nitrogen and oxygen atoms in total. The molecule has 2 aromatic rings. The molecule has 1 atom stereocenters. The zero-order chi connectivity index (χ0) is 17.7. The van der Waals surface area contributed by atoms with Gasteiger partial charge in [0.15, 0.2) is 12.7 Å². The average Bonchev–Trinajstić information content (AvgIpc) is 2.55. The van der Waals surface area contributed by atoms with Gasteiger partial charge in [0, 0.05) is 10.0 Å². The van der Waals surface area contributed by atoms with E-state index in [-0.39, 0.29) is 12.4 Å². The molecule has 0 radical (unpaired) electrons. The van der Waals surface area contributed by atoms with Gasteiger partial charge >= 0.3 is 5.97 Å². The Morgan fingerprint density at radius 1 is 1.17 bits per heavy atom. The minimum Gasteiger partial charge on any atom is -0.480 e. The summed E-state index contributed by atoms with van der Waals surface area (Å²) in [4.78, 5) is 24.1. The fourth-order valence-corrected chi connectivity index (χ4v) is 2.43. The number of benzene rings is 2. The molecular weight excluding hydrogens is 396 g/mol. The van der Waals surface area contributed by atoms with Crippen molar-refractivity contribution in [1.82, 2.24) is 0 Å². The van der Waals surface area contributed by atoms with Gasteiger partial charge in [-0.05, 0) is 43.7 Å². The van der Waals surface area contributed by atoms with Gasteiger partial charge in [0.1, 0.15) is 5.75 Å². The minimum absolute atomic E-state index is 0.274. The number of hydrogen-bond donors (Lipinski definition) is 0. The first-order chi connectivity index (χ1) is 11.4. The number of ether oxygens (including phenoxy) is 2. The largest absolute Gasteiger partial charge is 0.480 e. The standard InChI is InChI=1S/C18H16BrClO4/c1-11-3-8-15(20)16(9-11)23-10-17(21)24-12(2)18(22)13-4-6-14(19)7-5-13/h3-9,12H,10H2,1-2H3. The van der Waals surface area contributed by atoms with E-state index in [2.05, 4.69) is 15.9 Å². The second kappa shape index (κ2) is 8.31. The summed E-state index contributed by atoms with van der Waals surface area (Å²) >= 11 is 9.30. The highest BCUT2D eigenvalue weighted by Gasteiger charge is 2.20. The summed E-state index contributed by atoms with van der Waals surface area (Å²) in [6, 6.07) is 12.1. The van der Waals surface area contributed by atoms with Crippen molar-refractivity contribution in [3.8, 4) is 5.75 Å². The van der Waals surface area contributed by atoms with Crippen LogP contribution >= 0.6 is 27.5 Å². The van der Waals surface area contributed by atoms with Gasteiger partial charge < -0.3 is 9.47 Å². The number of esters is 1. The molecule has 2 aromatic carbocycles. The van der Waals surface area contributed by atoms with Crippen LogP contribution in [0.2, 0.25) is 5.02 Å². The molecule has 2 rings (SSSR count). The number of carbonyl (C=O) groups excluding carboxylic acids is 2. The van der Waals surface area contributed by atoms with E-state index < -0.39 is 12.1 Å². The molecule has 0 heterocycles. The summed E-state index contributed by atoms with van der Waals surface area (Å²) in [7, 11) is 0. The van der Waals surface area contributed by atoms with Gasteiger partial charge in [-0.15, -0.1) is 0 Å². The van der Waals surface area contributed by atoms with Crippen molar-refractivity contribution in [1.29, 1.82) is 0 Å². The van der Waals surface area contributed by atoms with Crippen LogP contribution in [-0.2, 0) is 9.53 Å². The van der Waals surface area contributed by atoms with Gasteiger partial charge in [0.05, 0.1) is 5.02 Å². The molecule has 6 heteroatoms. The molecule has 0 aromatic heterocycles. The summed E-state index contributed by atoms with van der Waals surface area (Å²) in [5.74, 6) is -0.504. The van der Waals surface area contributed by atoms with E-state index in [0.717, 1.165) is 10.0 Å². The summed E-state index contributed by atoms with van der Waals surface area (Å²) in [5.41, 5.74) is 1.43. The maximum absolute atomic E-state index is 12.2. The summed E-state index contributed by atoms with van der Waals surface area (Å²) in [6.45, 7) is 3.10. The Labute approximate surface area is 153 Å². The molecule has 0 aliphatic heterocycles. The number of ketones is 1. The molecule has 0 N–H and O–H groups in total. The quantitative estimate of drug-likeness (QED) is 0.515.